The molecule has 2 heterocycles. The van der Waals surface area contributed by atoms with Gasteiger partial charge in [0.15, 0.2) is 0 Å². The Labute approximate surface area is 190 Å². The number of amides is 1. The molecule has 0 atom stereocenters. The summed E-state index contributed by atoms with van der Waals surface area (Å²) in [6, 6.07) is 14.1. The molecule has 1 aromatic heterocycles. The number of nitrogens with zero attached hydrogens (tertiary/aromatic N) is 4. The van der Waals surface area contributed by atoms with Crippen LogP contribution in [0, 0.1) is 0 Å². The Morgan fingerprint density at radius 2 is 1.84 bits per heavy atom. The first-order valence-electron chi connectivity index (χ1n) is 9.16. The number of carboxylic acid groups (broad SMARTS) is 1. The van der Waals surface area contributed by atoms with Crippen molar-refractivity contribution in [2.24, 2.45) is 10.7 Å². The maximum absolute atomic E-state index is 10.6. The number of nitrogens with two attached hydrogens (primary N) is 1. The predicted molar refractivity (Wildman–Crippen MR) is 125 cm³/mol. The number of methoxy groups -OCH3 is 1. The van der Waals surface area contributed by atoms with Crippen LogP contribution >= 0.6 is 11.9 Å². The Balaban J connectivity index is 0.00000181. The van der Waals surface area contributed by atoms with Crippen molar-refractivity contribution in [3.05, 3.63) is 66.0 Å². The molecule has 11 heteroatoms. The Kier molecular flexibility index (Phi) is 8.13. The van der Waals surface area contributed by atoms with Gasteiger partial charge in [0.1, 0.15) is 5.84 Å². The summed E-state index contributed by atoms with van der Waals surface area (Å²) in [6.07, 6.45) is 3.16. The fourth-order valence-corrected chi connectivity index (χ4v) is 4.17. The highest BCUT2D eigenvalue weighted by atomic mass is 32.2. The molecular weight excluding hydrogens is 434 g/mol. The monoisotopic (exact) mass is 459 g/mol. The molecule has 0 aliphatic carbocycles. The molecule has 4 rings (SSSR count). The number of benzene rings is 2. The van der Waals surface area contributed by atoms with Crippen LogP contribution in [-0.2, 0) is 6.42 Å². The average molecular weight is 460 g/mol. The summed E-state index contributed by atoms with van der Waals surface area (Å²) in [6.45, 7) is 0.896. The van der Waals surface area contributed by atoms with Crippen molar-refractivity contribution in [2.75, 3.05) is 18.0 Å². The normalized spacial score (nSPS) is 12.4. The van der Waals surface area contributed by atoms with E-state index in [9.17, 15) is 4.79 Å². The summed E-state index contributed by atoms with van der Waals surface area (Å²) < 4.78 is 7.26. The van der Waals surface area contributed by atoms with E-state index >= 15 is 0 Å². The van der Waals surface area contributed by atoms with E-state index in [0.717, 1.165) is 29.0 Å². The van der Waals surface area contributed by atoms with Crippen LogP contribution in [0.4, 0.5) is 10.5 Å². The summed E-state index contributed by atoms with van der Waals surface area (Å²) in [5.74, 6) is -0.0133. The first-order valence-corrected chi connectivity index (χ1v) is 9.93. The van der Waals surface area contributed by atoms with Crippen molar-refractivity contribution in [1.29, 1.82) is 0 Å². The molecule has 0 unspecified atom stereocenters. The highest BCUT2D eigenvalue weighted by Gasteiger charge is 2.21. The maximum Gasteiger partial charge on any atom is 0.433 e. The Morgan fingerprint density at radius 3 is 2.47 bits per heavy atom. The van der Waals surface area contributed by atoms with Gasteiger partial charge in [-0.05, 0) is 53.8 Å². The second kappa shape index (κ2) is 10.6. The number of aliphatic imine (C=N–C) groups is 1. The van der Waals surface area contributed by atoms with Crippen molar-refractivity contribution in [1.82, 2.24) is 9.97 Å². The number of amidine groups is 1. The van der Waals surface area contributed by atoms with Gasteiger partial charge in [-0.2, -0.15) is 4.99 Å². The molecule has 170 valence electrons. The van der Waals surface area contributed by atoms with Crippen LogP contribution in [0.2, 0.25) is 0 Å². The SMILES string of the molecule is COc1ncc(-c2ccc3c(c2)CCN3Sc2ccc(/C(N)=N/C(=O)O)cc2)cn1.O.O.[HH]. The molecule has 0 fully saturated rings. The van der Waals surface area contributed by atoms with E-state index in [0.29, 0.717) is 11.6 Å². The molecule has 3 aromatic rings. The zero-order chi connectivity index (χ0) is 21.1. The minimum absolute atomic E-state index is 0. The summed E-state index contributed by atoms with van der Waals surface area (Å²) in [4.78, 5) is 23.4. The van der Waals surface area contributed by atoms with E-state index in [1.165, 1.54) is 11.3 Å². The molecule has 0 spiro atoms. The lowest BCUT2D eigenvalue weighted by Gasteiger charge is -2.18. The molecule has 32 heavy (non-hydrogen) atoms. The van der Waals surface area contributed by atoms with Crippen LogP contribution in [0.15, 0.2) is 64.7 Å². The molecule has 7 N–H and O–H groups in total. The van der Waals surface area contributed by atoms with Gasteiger partial charge in [-0.1, -0.05) is 18.2 Å². The molecule has 2 aromatic carbocycles. The van der Waals surface area contributed by atoms with Gasteiger partial charge >= 0.3 is 12.1 Å². The van der Waals surface area contributed by atoms with Gasteiger partial charge in [-0.3, -0.25) is 0 Å². The second-order valence-electron chi connectivity index (χ2n) is 6.55. The lowest BCUT2D eigenvalue weighted by Crippen LogP contribution is -2.15. The van der Waals surface area contributed by atoms with Crippen molar-refractivity contribution in [3.63, 3.8) is 0 Å². The number of aromatic nitrogens is 2. The van der Waals surface area contributed by atoms with Crippen LogP contribution in [0.25, 0.3) is 11.1 Å². The summed E-state index contributed by atoms with van der Waals surface area (Å²) in [7, 11) is 1.54. The minimum atomic E-state index is -1.31. The minimum Gasteiger partial charge on any atom is -0.467 e. The van der Waals surface area contributed by atoms with Crippen molar-refractivity contribution >= 4 is 29.6 Å². The predicted octanol–water partition coefficient (Wildman–Crippen LogP) is 2.20. The molecule has 0 saturated carbocycles. The van der Waals surface area contributed by atoms with E-state index in [1.54, 1.807) is 43.6 Å². The number of ether oxygens (including phenoxy) is 1. The van der Waals surface area contributed by atoms with Gasteiger partial charge in [-0.25, -0.2) is 14.8 Å². The van der Waals surface area contributed by atoms with E-state index in [1.807, 2.05) is 12.1 Å². The molecule has 0 saturated heterocycles. The summed E-state index contributed by atoms with van der Waals surface area (Å²) in [5, 5.41) is 8.71. The fraction of sp³-hybridized carbons (Fsp3) is 0.143. The van der Waals surface area contributed by atoms with Crippen molar-refractivity contribution in [3.8, 4) is 17.1 Å². The average Bonchev–Trinajstić information content (AvgIpc) is 3.16. The molecule has 0 radical (unpaired) electrons. The number of hydrogen-bond donors (Lipinski definition) is 2. The Hall–Kier alpha value is -3.67. The van der Waals surface area contributed by atoms with Gasteiger partial charge in [0.05, 0.1) is 12.8 Å². The smallest absolute Gasteiger partial charge is 0.433 e. The van der Waals surface area contributed by atoms with Crippen LogP contribution in [0.3, 0.4) is 0 Å². The highest BCUT2D eigenvalue weighted by Crippen LogP contribution is 2.38. The van der Waals surface area contributed by atoms with Gasteiger partial charge < -0.3 is 30.8 Å². The van der Waals surface area contributed by atoms with Crippen LogP contribution < -0.4 is 14.8 Å². The van der Waals surface area contributed by atoms with Gasteiger partial charge in [0.25, 0.3) is 0 Å². The third-order valence-corrected chi connectivity index (χ3v) is 5.74. The fourth-order valence-electron chi connectivity index (χ4n) is 3.20. The molecular formula is C21H25N5O5S. The van der Waals surface area contributed by atoms with E-state index in [4.69, 9.17) is 15.6 Å². The van der Waals surface area contributed by atoms with E-state index in [2.05, 4.69) is 37.5 Å². The first-order chi connectivity index (χ1) is 14.5. The maximum atomic E-state index is 10.6. The van der Waals surface area contributed by atoms with Crippen molar-refractivity contribution < 1.29 is 27.0 Å². The highest BCUT2D eigenvalue weighted by molar-refractivity contribution is 8.00. The van der Waals surface area contributed by atoms with E-state index in [-0.39, 0.29) is 18.2 Å². The number of fused-ring (bicyclic) bond motifs is 1. The number of anilines is 1. The Morgan fingerprint density at radius 1 is 1.16 bits per heavy atom. The molecule has 1 aliphatic rings. The zero-order valence-corrected chi connectivity index (χ0v) is 18.0. The lowest BCUT2D eigenvalue weighted by molar-refractivity contribution is 0.205. The van der Waals surface area contributed by atoms with Crippen LogP contribution in [0.1, 0.15) is 12.6 Å². The van der Waals surface area contributed by atoms with Crippen LogP contribution in [-0.4, -0.2) is 51.6 Å². The largest absolute Gasteiger partial charge is 0.467 e. The molecule has 10 nitrogen and oxygen atoms in total. The molecule has 0 bridgehead atoms. The van der Waals surface area contributed by atoms with E-state index < -0.39 is 6.09 Å². The topological polar surface area (TPSA) is 177 Å². The zero-order valence-electron chi connectivity index (χ0n) is 17.1. The number of hydrogen-bond acceptors (Lipinski definition) is 6. The molecule has 1 amide bonds. The second-order valence-corrected chi connectivity index (χ2v) is 7.64. The van der Waals surface area contributed by atoms with Crippen molar-refractivity contribution in [2.45, 2.75) is 11.3 Å². The first kappa shape index (κ1) is 24.6. The third kappa shape index (κ3) is 5.32. The third-order valence-electron chi connectivity index (χ3n) is 4.66. The Bertz CT molecular complexity index is 1110. The lowest BCUT2D eigenvalue weighted by atomic mass is 10.0. The standard InChI is InChI=1S/C21H19N5O3S.2H2O.H2/c1-29-20-23-11-16(12-24-20)14-4-7-18-15(10-14)8-9-26(18)30-17-5-2-13(3-6-17)19(22)25-21(27)28;;;/h2-7,10-12H,8-9H2,1H3,(H2,22,25)(H,27,28);2*1H2;1H. The van der Waals surface area contributed by atoms with Gasteiger partial charge in [-0.15, -0.1) is 0 Å². The number of rotatable bonds is 5. The summed E-state index contributed by atoms with van der Waals surface area (Å²) in [5.41, 5.74) is 10.7. The molecule has 1 aliphatic heterocycles. The van der Waals surface area contributed by atoms with Crippen LogP contribution in [0.5, 0.6) is 6.01 Å². The summed E-state index contributed by atoms with van der Waals surface area (Å²) >= 11 is 1.63. The number of carbonyl (C=O) groups is 1. The van der Waals surface area contributed by atoms with Gasteiger partial charge in [0.2, 0.25) is 0 Å². The van der Waals surface area contributed by atoms with Gasteiger partial charge in [0, 0.05) is 36.4 Å². The quantitative estimate of drug-likeness (QED) is 0.331.